The second-order valence-corrected chi connectivity index (χ2v) is 4.51. The highest BCUT2D eigenvalue weighted by atomic mass is 16.5. The van der Waals surface area contributed by atoms with E-state index in [0.29, 0.717) is 10.3 Å². The van der Waals surface area contributed by atoms with Crippen LogP contribution in [0, 0.1) is 11.1 Å². The Balaban J connectivity index is 2.42. The van der Waals surface area contributed by atoms with E-state index in [1.807, 2.05) is 13.8 Å². The first-order valence-electron chi connectivity index (χ1n) is 5.53. The van der Waals surface area contributed by atoms with Crippen molar-refractivity contribution in [3.63, 3.8) is 0 Å². The molecule has 0 fully saturated rings. The van der Waals surface area contributed by atoms with Gasteiger partial charge in [0.25, 0.3) is 5.78 Å². The van der Waals surface area contributed by atoms with Crippen LogP contribution in [0.2, 0.25) is 0 Å². The standard InChI is InChI=1S/C13H13NO3/c1-8(2)7-11(15)12-13(16)9-5-3-4-6-10(9)14(12)17/h3-6,8H,7H2,1-2H3. The van der Waals surface area contributed by atoms with Gasteiger partial charge in [-0.3, -0.25) is 9.59 Å². The lowest BCUT2D eigenvalue weighted by molar-refractivity contribution is -0.355. The lowest BCUT2D eigenvalue weighted by Gasteiger charge is -2.02. The van der Waals surface area contributed by atoms with Crippen molar-refractivity contribution in [3.05, 3.63) is 35.0 Å². The smallest absolute Gasteiger partial charge is 0.308 e. The Kier molecular flexibility index (Phi) is 2.79. The maximum atomic E-state index is 11.9. The van der Waals surface area contributed by atoms with E-state index in [1.54, 1.807) is 24.3 Å². The zero-order valence-electron chi connectivity index (χ0n) is 9.77. The minimum absolute atomic E-state index is 0.125. The van der Waals surface area contributed by atoms with Crippen LogP contribution >= 0.6 is 0 Å². The van der Waals surface area contributed by atoms with Gasteiger partial charge in [0, 0.05) is 12.5 Å². The lowest BCUT2D eigenvalue weighted by Crippen LogP contribution is -2.26. The average molecular weight is 231 g/mol. The largest absolute Gasteiger partial charge is 0.618 e. The minimum Gasteiger partial charge on any atom is -0.618 e. The van der Waals surface area contributed by atoms with E-state index < -0.39 is 5.78 Å². The van der Waals surface area contributed by atoms with Crippen molar-refractivity contribution in [3.8, 4) is 0 Å². The van der Waals surface area contributed by atoms with Gasteiger partial charge in [0.1, 0.15) is 5.56 Å². The summed E-state index contributed by atoms with van der Waals surface area (Å²) >= 11 is 0. The molecule has 1 aromatic rings. The molecule has 0 spiro atoms. The molecule has 17 heavy (non-hydrogen) atoms. The summed E-state index contributed by atoms with van der Waals surface area (Å²) in [5.74, 6) is -0.711. The molecule has 4 heteroatoms. The zero-order valence-corrected chi connectivity index (χ0v) is 9.77. The first-order chi connectivity index (χ1) is 8.02. The van der Waals surface area contributed by atoms with E-state index in [-0.39, 0.29) is 29.5 Å². The summed E-state index contributed by atoms with van der Waals surface area (Å²) < 4.78 is 0.461. The highest BCUT2D eigenvalue weighted by Crippen LogP contribution is 2.26. The third-order valence-corrected chi connectivity index (χ3v) is 2.64. The molecule has 0 unspecified atom stereocenters. The fourth-order valence-electron chi connectivity index (χ4n) is 1.89. The average Bonchev–Trinajstić information content (AvgIpc) is 2.51. The maximum absolute atomic E-state index is 11.9. The van der Waals surface area contributed by atoms with Crippen LogP contribution in [-0.2, 0) is 4.79 Å². The van der Waals surface area contributed by atoms with Crippen molar-refractivity contribution in [2.24, 2.45) is 5.92 Å². The van der Waals surface area contributed by atoms with E-state index in [1.165, 1.54) is 0 Å². The summed E-state index contributed by atoms with van der Waals surface area (Å²) in [6.45, 7) is 3.75. The van der Waals surface area contributed by atoms with Crippen LogP contribution in [0.4, 0.5) is 5.69 Å². The summed E-state index contributed by atoms with van der Waals surface area (Å²) in [5.41, 5.74) is 0.333. The van der Waals surface area contributed by atoms with E-state index in [4.69, 9.17) is 0 Å². The Morgan fingerprint density at radius 3 is 2.59 bits per heavy atom. The summed E-state index contributed by atoms with van der Waals surface area (Å²) in [7, 11) is 0. The van der Waals surface area contributed by atoms with E-state index in [0.717, 1.165) is 0 Å². The quantitative estimate of drug-likeness (QED) is 0.591. The second-order valence-electron chi connectivity index (χ2n) is 4.51. The molecule has 1 aliphatic rings. The van der Waals surface area contributed by atoms with Gasteiger partial charge in [-0.15, -0.1) is 0 Å². The van der Waals surface area contributed by atoms with Crippen molar-refractivity contribution in [2.75, 3.05) is 0 Å². The summed E-state index contributed by atoms with van der Waals surface area (Å²) in [5, 5.41) is 11.9. The number of para-hydroxylation sites is 1. The molecule has 0 radical (unpaired) electrons. The van der Waals surface area contributed by atoms with E-state index in [2.05, 4.69) is 0 Å². The molecule has 0 saturated carbocycles. The molecule has 0 amide bonds. The van der Waals surface area contributed by atoms with Crippen LogP contribution in [0.5, 0.6) is 0 Å². The number of hydrogen-bond donors (Lipinski definition) is 0. The molecule has 0 N–H and O–H groups in total. The third kappa shape index (κ3) is 1.86. The molecular formula is C13H13NO3. The number of fused-ring (bicyclic) bond motifs is 1. The van der Waals surface area contributed by atoms with E-state index in [9.17, 15) is 14.8 Å². The minimum atomic E-state index is -0.457. The molecule has 1 aliphatic heterocycles. The molecule has 4 nitrogen and oxygen atoms in total. The topological polar surface area (TPSA) is 60.2 Å². The van der Waals surface area contributed by atoms with Gasteiger partial charge in [-0.1, -0.05) is 26.0 Å². The third-order valence-electron chi connectivity index (χ3n) is 2.64. The number of Topliss-reactive ketones (excluding diaryl/α,β-unsaturated/α-hetero) is 2. The van der Waals surface area contributed by atoms with Gasteiger partial charge in [0.05, 0.1) is 0 Å². The molecule has 0 aliphatic carbocycles. The normalized spacial score (nSPS) is 14.4. The van der Waals surface area contributed by atoms with Crippen molar-refractivity contribution in [1.29, 1.82) is 0 Å². The Hall–Kier alpha value is -1.97. The highest BCUT2D eigenvalue weighted by molar-refractivity contribution is 6.69. The number of carbonyl (C=O) groups is 2. The highest BCUT2D eigenvalue weighted by Gasteiger charge is 2.39. The van der Waals surface area contributed by atoms with Crippen LogP contribution in [0.3, 0.4) is 0 Å². The summed E-state index contributed by atoms with van der Waals surface area (Å²) in [6, 6.07) is 6.47. The number of hydrogen-bond acceptors (Lipinski definition) is 3. The van der Waals surface area contributed by atoms with Crippen LogP contribution in [0.15, 0.2) is 24.3 Å². The molecule has 0 atom stereocenters. The monoisotopic (exact) mass is 231 g/mol. The SMILES string of the molecule is CC(C)CC(=O)C1=[N+]([O-])c2ccccc2C1=O. The number of carbonyl (C=O) groups excluding carboxylic acids is 2. The van der Waals surface area contributed by atoms with Crippen molar-refractivity contribution in [1.82, 2.24) is 0 Å². The van der Waals surface area contributed by atoms with Crippen LogP contribution in [-0.4, -0.2) is 22.0 Å². The number of nitrogens with zero attached hydrogens (tertiary/aromatic N) is 1. The Labute approximate surface area is 99.2 Å². The van der Waals surface area contributed by atoms with Crippen molar-refractivity contribution < 1.29 is 14.3 Å². The van der Waals surface area contributed by atoms with Gasteiger partial charge < -0.3 is 5.21 Å². The first kappa shape index (κ1) is 11.5. The number of rotatable bonds is 3. The van der Waals surface area contributed by atoms with Crippen molar-refractivity contribution >= 4 is 23.0 Å². The second kappa shape index (κ2) is 4.13. The molecule has 1 heterocycles. The first-order valence-corrected chi connectivity index (χ1v) is 5.53. The maximum Gasteiger partial charge on any atom is 0.308 e. The van der Waals surface area contributed by atoms with Crippen molar-refractivity contribution in [2.45, 2.75) is 20.3 Å². The van der Waals surface area contributed by atoms with Gasteiger partial charge in [-0.25, -0.2) is 0 Å². The number of ketones is 2. The van der Waals surface area contributed by atoms with Gasteiger partial charge in [-0.05, 0) is 12.0 Å². The molecule has 0 bridgehead atoms. The zero-order chi connectivity index (χ0) is 12.6. The van der Waals surface area contributed by atoms with Gasteiger partial charge in [0.15, 0.2) is 0 Å². The van der Waals surface area contributed by atoms with Gasteiger partial charge in [-0.2, -0.15) is 4.74 Å². The summed E-state index contributed by atoms with van der Waals surface area (Å²) in [4.78, 5) is 23.8. The van der Waals surface area contributed by atoms with Crippen LogP contribution in [0.1, 0.15) is 30.6 Å². The molecular weight excluding hydrogens is 218 g/mol. The predicted octanol–water partition coefficient (Wildman–Crippen LogP) is 2.08. The molecule has 0 saturated heterocycles. The van der Waals surface area contributed by atoms with Crippen LogP contribution < -0.4 is 0 Å². The Morgan fingerprint density at radius 1 is 1.35 bits per heavy atom. The Morgan fingerprint density at radius 2 is 2.00 bits per heavy atom. The summed E-state index contributed by atoms with van der Waals surface area (Å²) in [6.07, 6.45) is 0.216. The lowest BCUT2D eigenvalue weighted by atomic mass is 10.00. The van der Waals surface area contributed by atoms with Gasteiger partial charge in [0.2, 0.25) is 11.5 Å². The molecule has 0 aromatic heterocycles. The fourth-order valence-corrected chi connectivity index (χ4v) is 1.89. The molecule has 1 aromatic carbocycles. The van der Waals surface area contributed by atoms with Gasteiger partial charge >= 0.3 is 5.71 Å². The Bertz CT molecular complexity index is 529. The molecule has 88 valence electrons. The fraction of sp³-hybridized carbons (Fsp3) is 0.308. The van der Waals surface area contributed by atoms with Crippen LogP contribution in [0.25, 0.3) is 0 Å². The number of benzene rings is 1. The molecule has 2 rings (SSSR count). The van der Waals surface area contributed by atoms with E-state index >= 15 is 0 Å². The predicted molar refractivity (Wildman–Crippen MR) is 63.5 cm³/mol.